The predicted octanol–water partition coefficient (Wildman–Crippen LogP) is 1.31. The Hall–Kier alpha value is -0.970. The number of para-hydroxylation sites is 1. The summed E-state index contributed by atoms with van der Waals surface area (Å²) in [4.78, 5) is 0. The molecule has 0 fully saturated rings. The number of aliphatic hydroxyl groups is 1. The van der Waals surface area contributed by atoms with Gasteiger partial charge in [0, 0.05) is 0 Å². The molecule has 1 aromatic carbocycles. The quantitative estimate of drug-likeness (QED) is 0.572. The van der Waals surface area contributed by atoms with Crippen molar-refractivity contribution in [3.8, 4) is 5.75 Å². The molecule has 0 unspecified atom stereocenters. The molecule has 0 aromatic heterocycles. The molecule has 0 saturated carbocycles. The Kier molecular flexibility index (Phi) is 5.25. The van der Waals surface area contributed by atoms with E-state index in [1.807, 2.05) is 0 Å². The third-order valence-electron chi connectivity index (χ3n) is 1.71. The van der Waals surface area contributed by atoms with E-state index in [0.717, 1.165) is 0 Å². The normalized spacial score (nSPS) is 10.3. The van der Waals surface area contributed by atoms with Crippen molar-refractivity contribution in [2.45, 2.75) is 0 Å². The van der Waals surface area contributed by atoms with E-state index in [2.05, 4.69) is 0 Å². The molecule has 5 heteroatoms. The highest BCUT2D eigenvalue weighted by atomic mass is 35.5. The zero-order valence-corrected chi connectivity index (χ0v) is 9.04. The smallest absolute Gasteiger partial charge is 0.160 e. The van der Waals surface area contributed by atoms with E-state index >= 15 is 0 Å². The summed E-state index contributed by atoms with van der Waals surface area (Å²) in [6.07, 6.45) is 0. The maximum absolute atomic E-state index is 8.46. The van der Waals surface area contributed by atoms with E-state index in [1.54, 1.807) is 18.2 Å². The average molecular weight is 232 g/mol. The summed E-state index contributed by atoms with van der Waals surface area (Å²) >= 11 is 5.88. The highest BCUT2D eigenvalue weighted by Crippen LogP contribution is 2.30. The van der Waals surface area contributed by atoms with Gasteiger partial charge >= 0.3 is 0 Å². The third kappa shape index (κ3) is 3.95. The van der Waals surface area contributed by atoms with Crippen LogP contribution in [0, 0.1) is 0 Å². The van der Waals surface area contributed by atoms with Crippen molar-refractivity contribution in [1.82, 2.24) is 0 Å². The van der Waals surface area contributed by atoms with Crippen molar-refractivity contribution in [1.29, 1.82) is 0 Å². The number of nitrogen functional groups attached to an aromatic ring is 1. The van der Waals surface area contributed by atoms with Crippen molar-refractivity contribution < 1.29 is 14.6 Å². The fraction of sp³-hybridized carbons (Fsp3) is 0.400. The summed E-state index contributed by atoms with van der Waals surface area (Å²) in [5.41, 5.74) is 6.18. The lowest BCUT2D eigenvalue weighted by Gasteiger charge is -2.10. The zero-order chi connectivity index (χ0) is 11.1. The first-order valence-corrected chi connectivity index (χ1v) is 4.99. The van der Waals surface area contributed by atoms with Gasteiger partial charge in [-0.1, -0.05) is 17.7 Å². The molecule has 1 aromatic rings. The van der Waals surface area contributed by atoms with Crippen LogP contribution in [0.4, 0.5) is 5.69 Å². The second kappa shape index (κ2) is 6.50. The lowest BCUT2D eigenvalue weighted by Crippen LogP contribution is -2.10. The molecule has 0 aliphatic rings. The fourth-order valence-corrected chi connectivity index (χ4v) is 1.28. The Morgan fingerprint density at radius 2 is 2.07 bits per heavy atom. The Bertz CT molecular complexity index is 286. The topological polar surface area (TPSA) is 64.7 Å². The van der Waals surface area contributed by atoms with Gasteiger partial charge in [0.25, 0.3) is 0 Å². The van der Waals surface area contributed by atoms with Gasteiger partial charge in [-0.25, -0.2) is 0 Å². The zero-order valence-electron chi connectivity index (χ0n) is 8.28. The standard InChI is InChI=1S/C10H14ClNO3/c11-8-2-1-3-9(12)10(8)15-7-6-14-5-4-13/h1-3,13H,4-7,12H2. The number of aliphatic hydroxyl groups excluding tert-OH is 1. The van der Waals surface area contributed by atoms with Crippen LogP contribution >= 0.6 is 11.6 Å². The Labute approximate surface area is 93.6 Å². The maximum atomic E-state index is 8.46. The van der Waals surface area contributed by atoms with Crippen LogP contribution in [0.2, 0.25) is 5.02 Å². The van der Waals surface area contributed by atoms with Gasteiger partial charge in [0.1, 0.15) is 6.61 Å². The summed E-state index contributed by atoms with van der Waals surface area (Å²) in [6, 6.07) is 5.18. The number of benzene rings is 1. The summed E-state index contributed by atoms with van der Waals surface area (Å²) in [7, 11) is 0. The van der Waals surface area contributed by atoms with E-state index in [0.29, 0.717) is 36.3 Å². The van der Waals surface area contributed by atoms with Gasteiger partial charge in [-0.15, -0.1) is 0 Å². The van der Waals surface area contributed by atoms with Gasteiger partial charge in [-0.3, -0.25) is 0 Å². The number of hydrogen-bond donors (Lipinski definition) is 2. The molecule has 0 radical (unpaired) electrons. The minimum Gasteiger partial charge on any atom is -0.487 e. The first-order chi connectivity index (χ1) is 7.25. The Morgan fingerprint density at radius 1 is 1.27 bits per heavy atom. The first-order valence-electron chi connectivity index (χ1n) is 4.61. The molecule has 0 spiro atoms. The molecule has 1 rings (SSSR count). The molecule has 0 bridgehead atoms. The Balaban J connectivity index is 2.37. The van der Waals surface area contributed by atoms with Crippen LogP contribution in [0.1, 0.15) is 0 Å². The third-order valence-corrected chi connectivity index (χ3v) is 2.00. The molecule has 0 amide bonds. The van der Waals surface area contributed by atoms with Crippen LogP contribution in [0.25, 0.3) is 0 Å². The van der Waals surface area contributed by atoms with Crippen molar-refractivity contribution in [2.24, 2.45) is 0 Å². The van der Waals surface area contributed by atoms with Crippen LogP contribution in [0.15, 0.2) is 18.2 Å². The SMILES string of the molecule is Nc1cccc(Cl)c1OCCOCCO. The summed E-state index contributed by atoms with van der Waals surface area (Å²) in [6.45, 7) is 1.06. The first kappa shape index (κ1) is 12.1. The van der Waals surface area contributed by atoms with Crippen LogP contribution in [-0.2, 0) is 4.74 Å². The van der Waals surface area contributed by atoms with Gasteiger partial charge in [0.15, 0.2) is 5.75 Å². The monoisotopic (exact) mass is 231 g/mol. The van der Waals surface area contributed by atoms with Crippen LogP contribution in [0.3, 0.4) is 0 Å². The second-order valence-corrected chi connectivity index (χ2v) is 3.25. The minimum atomic E-state index is 0.00817. The minimum absolute atomic E-state index is 0.00817. The number of nitrogens with two attached hydrogens (primary N) is 1. The van der Waals surface area contributed by atoms with Gasteiger partial charge in [0.05, 0.1) is 30.5 Å². The number of halogens is 1. The van der Waals surface area contributed by atoms with E-state index < -0.39 is 0 Å². The molecular formula is C10H14ClNO3. The van der Waals surface area contributed by atoms with Crippen LogP contribution in [-0.4, -0.2) is 31.5 Å². The van der Waals surface area contributed by atoms with E-state index in [-0.39, 0.29) is 6.61 Å². The molecule has 0 aliphatic carbocycles. The number of anilines is 1. The molecule has 4 nitrogen and oxygen atoms in total. The molecule has 0 aliphatic heterocycles. The van der Waals surface area contributed by atoms with Crippen molar-refractivity contribution in [3.63, 3.8) is 0 Å². The highest BCUT2D eigenvalue weighted by Gasteiger charge is 2.04. The molecule has 0 saturated heterocycles. The number of hydrogen-bond acceptors (Lipinski definition) is 4. The summed E-state index contributed by atoms with van der Waals surface area (Å²) in [5.74, 6) is 0.478. The highest BCUT2D eigenvalue weighted by molar-refractivity contribution is 6.32. The summed E-state index contributed by atoms with van der Waals surface area (Å²) < 4.78 is 10.4. The van der Waals surface area contributed by atoms with E-state index in [9.17, 15) is 0 Å². The molecule has 84 valence electrons. The van der Waals surface area contributed by atoms with Crippen molar-refractivity contribution in [3.05, 3.63) is 23.2 Å². The number of rotatable bonds is 6. The molecule has 0 atom stereocenters. The van der Waals surface area contributed by atoms with E-state index in [4.69, 9.17) is 31.9 Å². The molecule has 15 heavy (non-hydrogen) atoms. The Morgan fingerprint density at radius 3 is 2.73 bits per heavy atom. The largest absolute Gasteiger partial charge is 0.487 e. The average Bonchev–Trinajstić information content (AvgIpc) is 2.21. The fourth-order valence-electron chi connectivity index (χ4n) is 1.05. The van der Waals surface area contributed by atoms with Gasteiger partial charge in [0.2, 0.25) is 0 Å². The lowest BCUT2D eigenvalue weighted by molar-refractivity contribution is 0.0707. The maximum Gasteiger partial charge on any atom is 0.160 e. The van der Waals surface area contributed by atoms with Crippen LogP contribution < -0.4 is 10.5 Å². The van der Waals surface area contributed by atoms with Gasteiger partial charge in [-0.2, -0.15) is 0 Å². The van der Waals surface area contributed by atoms with Gasteiger partial charge in [-0.05, 0) is 12.1 Å². The van der Waals surface area contributed by atoms with Gasteiger partial charge < -0.3 is 20.3 Å². The molecular weight excluding hydrogens is 218 g/mol. The second-order valence-electron chi connectivity index (χ2n) is 2.84. The predicted molar refractivity (Wildman–Crippen MR) is 59.3 cm³/mol. The van der Waals surface area contributed by atoms with Crippen molar-refractivity contribution in [2.75, 3.05) is 32.2 Å². The summed E-state index contributed by atoms with van der Waals surface area (Å²) in [5, 5.41) is 8.95. The number of ether oxygens (including phenoxy) is 2. The lowest BCUT2D eigenvalue weighted by atomic mass is 10.3. The molecule has 0 heterocycles. The molecule has 3 N–H and O–H groups in total. The van der Waals surface area contributed by atoms with E-state index in [1.165, 1.54) is 0 Å². The van der Waals surface area contributed by atoms with Crippen LogP contribution in [0.5, 0.6) is 5.75 Å². The van der Waals surface area contributed by atoms with Crippen molar-refractivity contribution >= 4 is 17.3 Å².